The third-order valence-electron chi connectivity index (χ3n) is 2.94. The zero-order valence-corrected chi connectivity index (χ0v) is 11.3. The molecular weight excluding hydrogens is 214 g/mol. The molecule has 1 rings (SSSR count). The van der Waals surface area contributed by atoms with Crippen LogP contribution in [0.5, 0.6) is 0 Å². The van der Waals surface area contributed by atoms with E-state index in [2.05, 4.69) is 27.7 Å². The Morgan fingerprint density at radius 1 is 1.35 bits per heavy atom. The molecule has 0 N–H and O–H groups in total. The third-order valence-corrected chi connectivity index (χ3v) is 2.94. The van der Waals surface area contributed by atoms with Gasteiger partial charge in [0.05, 0.1) is 6.26 Å². The van der Waals surface area contributed by atoms with Gasteiger partial charge in [-0.3, -0.25) is 4.79 Å². The van der Waals surface area contributed by atoms with Gasteiger partial charge in [-0.05, 0) is 30.9 Å². The van der Waals surface area contributed by atoms with Crippen molar-refractivity contribution in [3.05, 3.63) is 24.2 Å². The molecule has 0 spiro atoms. The lowest BCUT2D eigenvalue weighted by molar-refractivity contribution is 0.0607. The first-order chi connectivity index (χ1) is 8.10. The summed E-state index contributed by atoms with van der Waals surface area (Å²) < 4.78 is 5.21. The first-order valence-corrected chi connectivity index (χ1v) is 6.44. The van der Waals surface area contributed by atoms with E-state index in [9.17, 15) is 4.79 Å². The summed E-state index contributed by atoms with van der Waals surface area (Å²) in [5.74, 6) is 0.921. The molecule has 0 radical (unpaired) electrons. The average molecular weight is 237 g/mol. The monoisotopic (exact) mass is 237 g/mol. The summed E-state index contributed by atoms with van der Waals surface area (Å²) >= 11 is 0. The van der Waals surface area contributed by atoms with Crippen LogP contribution in [0, 0.1) is 5.92 Å². The molecule has 1 heterocycles. The normalized spacial score (nSPS) is 11.2. The molecule has 0 aromatic carbocycles. The molecule has 0 aliphatic rings. The first-order valence-electron chi connectivity index (χ1n) is 6.44. The van der Waals surface area contributed by atoms with Crippen molar-refractivity contribution in [1.82, 2.24) is 4.90 Å². The van der Waals surface area contributed by atoms with Gasteiger partial charge in [-0.1, -0.05) is 27.7 Å². The van der Waals surface area contributed by atoms with E-state index in [4.69, 9.17) is 4.42 Å². The van der Waals surface area contributed by atoms with Gasteiger partial charge in [0, 0.05) is 12.6 Å². The highest BCUT2D eigenvalue weighted by atomic mass is 16.3. The summed E-state index contributed by atoms with van der Waals surface area (Å²) in [6.45, 7) is 9.29. The standard InChI is InChI=1S/C14H23NO2/c1-5-12(6-2)15(10-11(3)4)14(16)13-8-7-9-17-13/h7-9,11-12H,5-6,10H2,1-4H3. The van der Waals surface area contributed by atoms with Gasteiger partial charge < -0.3 is 9.32 Å². The molecular formula is C14H23NO2. The highest BCUT2D eigenvalue weighted by Crippen LogP contribution is 2.16. The maximum atomic E-state index is 12.3. The van der Waals surface area contributed by atoms with Crippen LogP contribution in [0.3, 0.4) is 0 Å². The highest BCUT2D eigenvalue weighted by molar-refractivity contribution is 5.91. The van der Waals surface area contributed by atoms with Crippen LogP contribution in [0.1, 0.15) is 51.1 Å². The lowest BCUT2D eigenvalue weighted by Crippen LogP contribution is -2.41. The molecule has 1 aromatic rings. The van der Waals surface area contributed by atoms with E-state index in [0.29, 0.717) is 17.7 Å². The van der Waals surface area contributed by atoms with E-state index in [0.717, 1.165) is 19.4 Å². The van der Waals surface area contributed by atoms with Crippen LogP contribution in [-0.4, -0.2) is 23.4 Å². The molecule has 1 aromatic heterocycles. The first kappa shape index (κ1) is 13.8. The van der Waals surface area contributed by atoms with Crippen LogP contribution in [0.4, 0.5) is 0 Å². The molecule has 17 heavy (non-hydrogen) atoms. The van der Waals surface area contributed by atoms with Gasteiger partial charge in [0.1, 0.15) is 0 Å². The lowest BCUT2D eigenvalue weighted by atomic mass is 10.1. The van der Waals surface area contributed by atoms with E-state index in [1.54, 1.807) is 18.4 Å². The average Bonchev–Trinajstić information content (AvgIpc) is 2.81. The van der Waals surface area contributed by atoms with E-state index in [1.807, 2.05) is 4.90 Å². The van der Waals surface area contributed by atoms with Gasteiger partial charge in [0.25, 0.3) is 5.91 Å². The summed E-state index contributed by atoms with van der Waals surface area (Å²) in [5, 5.41) is 0. The fourth-order valence-electron chi connectivity index (χ4n) is 2.06. The molecule has 3 nitrogen and oxygen atoms in total. The van der Waals surface area contributed by atoms with Crippen molar-refractivity contribution in [2.24, 2.45) is 5.92 Å². The minimum absolute atomic E-state index is 0.0115. The van der Waals surface area contributed by atoms with Crippen molar-refractivity contribution in [2.75, 3.05) is 6.54 Å². The Kier molecular flexibility index (Phi) is 5.26. The summed E-state index contributed by atoms with van der Waals surface area (Å²) in [6.07, 6.45) is 3.51. The molecule has 0 aliphatic carbocycles. The maximum absolute atomic E-state index is 12.3. The van der Waals surface area contributed by atoms with Gasteiger partial charge in [-0.2, -0.15) is 0 Å². The van der Waals surface area contributed by atoms with Crippen molar-refractivity contribution in [1.29, 1.82) is 0 Å². The number of hydrogen-bond acceptors (Lipinski definition) is 2. The molecule has 0 aliphatic heterocycles. The summed E-state index contributed by atoms with van der Waals surface area (Å²) in [5.41, 5.74) is 0. The van der Waals surface area contributed by atoms with Crippen molar-refractivity contribution < 1.29 is 9.21 Å². The SMILES string of the molecule is CCC(CC)N(CC(C)C)C(=O)c1ccco1. The van der Waals surface area contributed by atoms with Crippen molar-refractivity contribution in [3.8, 4) is 0 Å². The molecule has 0 atom stereocenters. The predicted octanol–water partition coefficient (Wildman–Crippen LogP) is 3.57. The van der Waals surface area contributed by atoms with E-state index >= 15 is 0 Å². The van der Waals surface area contributed by atoms with Gasteiger partial charge in [0.2, 0.25) is 0 Å². The second kappa shape index (κ2) is 6.48. The molecule has 96 valence electrons. The topological polar surface area (TPSA) is 33.5 Å². The molecule has 0 saturated carbocycles. The van der Waals surface area contributed by atoms with Crippen molar-refractivity contribution in [3.63, 3.8) is 0 Å². The zero-order valence-electron chi connectivity index (χ0n) is 11.3. The predicted molar refractivity (Wildman–Crippen MR) is 69.0 cm³/mol. The number of carbonyl (C=O) groups is 1. The van der Waals surface area contributed by atoms with Crippen molar-refractivity contribution in [2.45, 2.75) is 46.6 Å². The molecule has 1 amide bonds. The minimum atomic E-state index is 0.0115. The second-order valence-corrected chi connectivity index (χ2v) is 4.80. The number of hydrogen-bond donors (Lipinski definition) is 0. The van der Waals surface area contributed by atoms with Crippen molar-refractivity contribution >= 4 is 5.91 Å². The Morgan fingerprint density at radius 3 is 2.41 bits per heavy atom. The fourth-order valence-corrected chi connectivity index (χ4v) is 2.06. The molecule has 0 bridgehead atoms. The van der Waals surface area contributed by atoms with E-state index in [-0.39, 0.29) is 5.91 Å². The van der Waals surface area contributed by atoms with Crippen LogP contribution in [-0.2, 0) is 0 Å². The van der Waals surface area contributed by atoms with Crippen LogP contribution >= 0.6 is 0 Å². The Morgan fingerprint density at radius 2 is 2.00 bits per heavy atom. The highest BCUT2D eigenvalue weighted by Gasteiger charge is 2.24. The molecule has 3 heteroatoms. The second-order valence-electron chi connectivity index (χ2n) is 4.80. The van der Waals surface area contributed by atoms with Gasteiger partial charge in [-0.15, -0.1) is 0 Å². The summed E-state index contributed by atoms with van der Waals surface area (Å²) in [4.78, 5) is 14.3. The number of amides is 1. The van der Waals surface area contributed by atoms with E-state index < -0.39 is 0 Å². The third kappa shape index (κ3) is 3.62. The van der Waals surface area contributed by atoms with E-state index in [1.165, 1.54) is 0 Å². The Balaban J connectivity index is 2.85. The molecule has 0 fully saturated rings. The lowest BCUT2D eigenvalue weighted by Gasteiger charge is -2.31. The maximum Gasteiger partial charge on any atom is 0.289 e. The summed E-state index contributed by atoms with van der Waals surface area (Å²) in [6, 6.07) is 3.79. The smallest absolute Gasteiger partial charge is 0.289 e. The Hall–Kier alpha value is -1.25. The van der Waals surface area contributed by atoms with Crippen LogP contribution < -0.4 is 0 Å². The van der Waals surface area contributed by atoms with Gasteiger partial charge in [0.15, 0.2) is 5.76 Å². The largest absolute Gasteiger partial charge is 0.459 e. The number of furan rings is 1. The minimum Gasteiger partial charge on any atom is -0.459 e. The fraction of sp³-hybridized carbons (Fsp3) is 0.643. The van der Waals surface area contributed by atoms with Crippen LogP contribution in [0.25, 0.3) is 0 Å². The Labute approximate surface area is 104 Å². The number of rotatable bonds is 6. The van der Waals surface area contributed by atoms with Gasteiger partial charge >= 0.3 is 0 Å². The number of carbonyl (C=O) groups excluding carboxylic acids is 1. The van der Waals surface area contributed by atoms with Gasteiger partial charge in [-0.25, -0.2) is 0 Å². The van der Waals surface area contributed by atoms with Crippen LogP contribution in [0.15, 0.2) is 22.8 Å². The zero-order chi connectivity index (χ0) is 12.8. The molecule has 0 unspecified atom stereocenters. The Bertz CT molecular complexity index is 326. The number of nitrogens with zero attached hydrogens (tertiary/aromatic N) is 1. The molecule has 0 saturated heterocycles. The quantitative estimate of drug-likeness (QED) is 0.758. The summed E-state index contributed by atoms with van der Waals surface area (Å²) in [7, 11) is 0. The van der Waals surface area contributed by atoms with Crippen LogP contribution in [0.2, 0.25) is 0 Å².